The van der Waals surface area contributed by atoms with Crippen LogP contribution in [0.25, 0.3) is 0 Å². The van der Waals surface area contributed by atoms with Gasteiger partial charge in [0.2, 0.25) is 5.95 Å². The van der Waals surface area contributed by atoms with E-state index in [1.165, 1.54) is 30.7 Å². The third-order valence-electron chi connectivity index (χ3n) is 4.18. The molecule has 7 nitrogen and oxygen atoms in total. The summed E-state index contributed by atoms with van der Waals surface area (Å²) in [6, 6.07) is 8.13. The molecule has 0 saturated heterocycles. The van der Waals surface area contributed by atoms with Crippen LogP contribution in [-0.4, -0.2) is 31.9 Å². The Morgan fingerprint density at radius 3 is 2.67 bits per heavy atom. The van der Waals surface area contributed by atoms with Crippen molar-refractivity contribution in [1.82, 2.24) is 20.2 Å². The number of halogens is 1. The summed E-state index contributed by atoms with van der Waals surface area (Å²) in [5.74, 6) is 2.11. The van der Waals surface area contributed by atoms with E-state index in [4.69, 9.17) is 10.8 Å². The molecule has 0 aliphatic heterocycles. The second kappa shape index (κ2) is 8.59. The SMILES string of the molecule is Cc1cnc(Nc2cc(C3CC3)[nH]n2)nc1N.OCCc1ccc(F)cc1. The highest BCUT2D eigenvalue weighted by molar-refractivity contribution is 5.51. The second-order valence-electron chi connectivity index (χ2n) is 6.47. The number of nitrogens with zero attached hydrogens (tertiary/aromatic N) is 3. The Bertz CT molecular complexity index is 876. The van der Waals surface area contributed by atoms with Crippen molar-refractivity contribution in [3.05, 3.63) is 59.2 Å². The maximum atomic E-state index is 12.3. The van der Waals surface area contributed by atoms with E-state index >= 15 is 0 Å². The molecule has 1 saturated carbocycles. The minimum absolute atomic E-state index is 0.117. The summed E-state index contributed by atoms with van der Waals surface area (Å²) < 4.78 is 12.3. The predicted molar refractivity (Wildman–Crippen MR) is 102 cm³/mol. The molecule has 0 amide bonds. The van der Waals surface area contributed by atoms with E-state index in [0.29, 0.717) is 24.1 Å². The first kappa shape index (κ1) is 18.8. The third-order valence-corrected chi connectivity index (χ3v) is 4.18. The van der Waals surface area contributed by atoms with Crippen molar-refractivity contribution < 1.29 is 9.50 Å². The molecule has 2 heterocycles. The quantitative estimate of drug-likeness (QED) is 0.549. The number of nitrogens with one attached hydrogen (secondary N) is 2. The highest BCUT2D eigenvalue weighted by atomic mass is 19.1. The molecule has 2 aromatic heterocycles. The normalized spacial score (nSPS) is 13.0. The molecule has 3 aromatic rings. The Kier molecular flexibility index (Phi) is 5.97. The average molecular weight is 370 g/mol. The van der Waals surface area contributed by atoms with Crippen LogP contribution in [0.4, 0.5) is 22.0 Å². The summed E-state index contributed by atoms with van der Waals surface area (Å²) >= 11 is 0. The lowest BCUT2D eigenvalue weighted by Crippen LogP contribution is -2.01. The van der Waals surface area contributed by atoms with Crippen molar-refractivity contribution in [2.24, 2.45) is 0 Å². The van der Waals surface area contributed by atoms with Gasteiger partial charge in [0.25, 0.3) is 0 Å². The van der Waals surface area contributed by atoms with Gasteiger partial charge in [-0.15, -0.1) is 0 Å². The number of H-pyrrole nitrogens is 1. The first-order chi connectivity index (χ1) is 13.0. The molecular formula is C19H23FN6O. The van der Waals surface area contributed by atoms with E-state index in [2.05, 4.69) is 25.5 Å². The molecule has 4 rings (SSSR count). The molecule has 5 N–H and O–H groups in total. The van der Waals surface area contributed by atoms with E-state index in [1.807, 2.05) is 13.0 Å². The van der Waals surface area contributed by atoms with Gasteiger partial charge in [0, 0.05) is 36.0 Å². The molecule has 1 aromatic carbocycles. The van der Waals surface area contributed by atoms with Crippen LogP contribution in [0.5, 0.6) is 0 Å². The second-order valence-corrected chi connectivity index (χ2v) is 6.47. The van der Waals surface area contributed by atoms with E-state index in [1.54, 1.807) is 18.3 Å². The van der Waals surface area contributed by atoms with Crippen LogP contribution < -0.4 is 11.1 Å². The Hall–Kier alpha value is -3.00. The number of benzene rings is 1. The molecule has 1 fully saturated rings. The van der Waals surface area contributed by atoms with Gasteiger partial charge in [-0.2, -0.15) is 10.1 Å². The van der Waals surface area contributed by atoms with Crippen molar-refractivity contribution in [3.63, 3.8) is 0 Å². The predicted octanol–water partition coefficient (Wildman–Crippen LogP) is 3.07. The molecule has 8 heteroatoms. The zero-order chi connectivity index (χ0) is 19.2. The molecule has 142 valence electrons. The number of anilines is 3. The number of aromatic amines is 1. The van der Waals surface area contributed by atoms with Crippen molar-refractivity contribution in [2.45, 2.75) is 32.1 Å². The number of nitrogen functional groups attached to an aromatic ring is 1. The Morgan fingerprint density at radius 2 is 2.04 bits per heavy atom. The van der Waals surface area contributed by atoms with E-state index in [-0.39, 0.29) is 12.4 Å². The zero-order valence-corrected chi connectivity index (χ0v) is 15.1. The lowest BCUT2D eigenvalue weighted by Gasteiger charge is -2.02. The molecule has 1 aliphatic rings. The number of aliphatic hydroxyl groups is 1. The van der Waals surface area contributed by atoms with Crippen molar-refractivity contribution in [2.75, 3.05) is 17.7 Å². The van der Waals surface area contributed by atoms with Gasteiger partial charge in [-0.1, -0.05) is 12.1 Å². The number of aromatic nitrogens is 4. The topological polar surface area (TPSA) is 113 Å². The monoisotopic (exact) mass is 370 g/mol. The standard InChI is InChI=1S/C11H14N6.C8H9FO/c1-6-5-13-11(15-10(6)12)14-9-4-8(16-17-9)7-2-3-7;9-8-3-1-7(2-4-8)5-6-10/h4-5,7H,2-3H2,1H3,(H4,12,13,14,15,16,17);1-4,10H,5-6H2. The van der Waals surface area contributed by atoms with Gasteiger partial charge < -0.3 is 16.2 Å². The molecule has 0 atom stereocenters. The van der Waals surface area contributed by atoms with Crippen LogP contribution in [-0.2, 0) is 6.42 Å². The van der Waals surface area contributed by atoms with Gasteiger partial charge in [-0.05, 0) is 43.9 Å². The Morgan fingerprint density at radius 1 is 1.30 bits per heavy atom. The minimum Gasteiger partial charge on any atom is -0.396 e. The van der Waals surface area contributed by atoms with Crippen molar-refractivity contribution >= 4 is 17.6 Å². The number of nitrogens with two attached hydrogens (primary N) is 1. The van der Waals surface area contributed by atoms with E-state index in [9.17, 15) is 4.39 Å². The van der Waals surface area contributed by atoms with Crippen molar-refractivity contribution in [1.29, 1.82) is 0 Å². The lowest BCUT2D eigenvalue weighted by atomic mass is 10.2. The summed E-state index contributed by atoms with van der Waals surface area (Å²) in [6.07, 6.45) is 4.78. The smallest absolute Gasteiger partial charge is 0.230 e. The maximum Gasteiger partial charge on any atom is 0.230 e. The van der Waals surface area contributed by atoms with Crippen LogP contribution in [0.3, 0.4) is 0 Å². The number of hydrogen-bond acceptors (Lipinski definition) is 6. The maximum absolute atomic E-state index is 12.3. The summed E-state index contributed by atoms with van der Waals surface area (Å²) in [4.78, 5) is 8.29. The molecule has 1 aliphatic carbocycles. The van der Waals surface area contributed by atoms with Gasteiger partial charge in [-0.25, -0.2) is 9.37 Å². The molecular weight excluding hydrogens is 347 g/mol. The fourth-order valence-corrected chi connectivity index (χ4v) is 2.41. The lowest BCUT2D eigenvalue weighted by molar-refractivity contribution is 0.299. The summed E-state index contributed by atoms with van der Waals surface area (Å²) in [7, 11) is 0. The fraction of sp³-hybridized carbons (Fsp3) is 0.316. The molecule has 0 radical (unpaired) electrons. The molecule has 0 unspecified atom stereocenters. The molecule has 27 heavy (non-hydrogen) atoms. The van der Waals surface area contributed by atoms with Gasteiger partial charge in [0.15, 0.2) is 5.82 Å². The third kappa shape index (κ3) is 5.49. The largest absolute Gasteiger partial charge is 0.396 e. The average Bonchev–Trinajstić information content (AvgIpc) is 3.41. The summed E-state index contributed by atoms with van der Waals surface area (Å²) in [6.45, 7) is 1.99. The Labute approximate surface area is 156 Å². The van der Waals surface area contributed by atoms with Crippen LogP contribution in [0.1, 0.15) is 35.6 Å². The Balaban J connectivity index is 0.000000180. The first-order valence-electron chi connectivity index (χ1n) is 8.82. The van der Waals surface area contributed by atoms with Crippen LogP contribution in [0.15, 0.2) is 36.5 Å². The van der Waals surface area contributed by atoms with Gasteiger partial charge in [0.05, 0.1) is 0 Å². The van der Waals surface area contributed by atoms with Crippen LogP contribution in [0.2, 0.25) is 0 Å². The fourth-order valence-electron chi connectivity index (χ4n) is 2.41. The highest BCUT2D eigenvalue weighted by Crippen LogP contribution is 2.39. The van der Waals surface area contributed by atoms with Crippen molar-refractivity contribution in [3.8, 4) is 0 Å². The number of aryl methyl sites for hydroxylation is 1. The highest BCUT2D eigenvalue weighted by Gasteiger charge is 2.25. The summed E-state index contributed by atoms with van der Waals surface area (Å²) in [5, 5.41) is 18.7. The van der Waals surface area contributed by atoms with E-state index < -0.39 is 0 Å². The van der Waals surface area contributed by atoms with E-state index in [0.717, 1.165) is 16.9 Å². The number of aliphatic hydroxyl groups excluding tert-OH is 1. The molecule has 0 bridgehead atoms. The van der Waals surface area contributed by atoms with Gasteiger partial charge in [-0.3, -0.25) is 5.10 Å². The van der Waals surface area contributed by atoms with Crippen LogP contribution >= 0.6 is 0 Å². The minimum atomic E-state index is -0.235. The van der Waals surface area contributed by atoms with Gasteiger partial charge in [0.1, 0.15) is 11.6 Å². The number of rotatable bonds is 5. The van der Waals surface area contributed by atoms with Gasteiger partial charge >= 0.3 is 0 Å². The zero-order valence-electron chi connectivity index (χ0n) is 15.1. The van der Waals surface area contributed by atoms with Crippen LogP contribution in [0, 0.1) is 12.7 Å². The number of hydrogen-bond donors (Lipinski definition) is 4. The first-order valence-corrected chi connectivity index (χ1v) is 8.82. The summed E-state index contributed by atoms with van der Waals surface area (Å²) in [5.41, 5.74) is 8.73. The molecule has 0 spiro atoms.